The molecule has 23 heavy (non-hydrogen) atoms. The van der Waals surface area contributed by atoms with E-state index in [2.05, 4.69) is 15.6 Å². The van der Waals surface area contributed by atoms with Crippen LogP contribution in [0.25, 0.3) is 0 Å². The molecule has 0 spiro atoms. The highest BCUT2D eigenvalue weighted by Crippen LogP contribution is 2.41. The van der Waals surface area contributed by atoms with Gasteiger partial charge in [-0.1, -0.05) is 18.2 Å². The largest absolute Gasteiger partial charge is 0.377 e. The SMILES string of the molecule is CCOCc1ccccc1NC(=O)N[C@H](c1nccs1)C1CC1. The Kier molecular flexibility index (Phi) is 5.25. The van der Waals surface area contributed by atoms with Gasteiger partial charge in [-0.25, -0.2) is 9.78 Å². The lowest BCUT2D eigenvalue weighted by molar-refractivity contribution is 0.134. The van der Waals surface area contributed by atoms with Crippen LogP contribution in [0, 0.1) is 5.92 Å². The summed E-state index contributed by atoms with van der Waals surface area (Å²) in [4.78, 5) is 16.7. The van der Waals surface area contributed by atoms with Gasteiger partial charge in [0, 0.05) is 29.4 Å². The third kappa shape index (κ3) is 4.30. The van der Waals surface area contributed by atoms with Gasteiger partial charge in [0.1, 0.15) is 5.01 Å². The fourth-order valence-electron chi connectivity index (χ4n) is 2.48. The molecular weight excluding hydrogens is 310 g/mol. The molecule has 1 heterocycles. The molecule has 1 aliphatic carbocycles. The van der Waals surface area contributed by atoms with Crippen LogP contribution in [0.3, 0.4) is 0 Å². The van der Waals surface area contributed by atoms with Gasteiger partial charge in [0.15, 0.2) is 0 Å². The second kappa shape index (κ2) is 7.57. The molecular formula is C17H21N3O2S. The van der Waals surface area contributed by atoms with E-state index in [1.165, 1.54) is 0 Å². The summed E-state index contributed by atoms with van der Waals surface area (Å²) in [7, 11) is 0. The minimum Gasteiger partial charge on any atom is -0.377 e. The minimum absolute atomic E-state index is 0.00838. The van der Waals surface area contributed by atoms with E-state index in [0.29, 0.717) is 19.1 Å². The maximum atomic E-state index is 12.4. The summed E-state index contributed by atoms with van der Waals surface area (Å²) in [5.41, 5.74) is 1.76. The van der Waals surface area contributed by atoms with E-state index < -0.39 is 0 Å². The number of nitrogens with zero attached hydrogens (tertiary/aromatic N) is 1. The van der Waals surface area contributed by atoms with Gasteiger partial charge < -0.3 is 15.4 Å². The first-order valence-corrected chi connectivity index (χ1v) is 8.78. The fraction of sp³-hybridized carbons (Fsp3) is 0.412. The molecule has 2 N–H and O–H groups in total. The first-order chi connectivity index (χ1) is 11.3. The maximum Gasteiger partial charge on any atom is 0.319 e. The number of nitrogens with one attached hydrogen (secondary N) is 2. The number of hydrogen-bond donors (Lipinski definition) is 2. The molecule has 0 saturated heterocycles. The smallest absolute Gasteiger partial charge is 0.319 e. The second-order valence-electron chi connectivity index (χ2n) is 5.58. The second-order valence-corrected chi connectivity index (χ2v) is 6.50. The third-order valence-electron chi connectivity index (χ3n) is 3.82. The Balaban J connectivity index is 1.65. The van der Waals surface area contributed by atoms with Crippen molar-refractivity contribution in [1.29, 1.82) is 0 Å². The Hall–Kier alpha value is -1.92. The monoisotopic (exact) mass is 331 g/mol. The Bertz CT molecular complexity index is 641. The number of hydrogen-bond acceptors (Lipinski definition) is 4. The quantitative estimate of drug-likeness (QED) is 0.807. The predicted molar refractivity (Wildman–Crippen MR) is 91.5 cm³/mol. The van der Waals surface area contributed by atoms with Crippen molar-refractivity contribution in [3.8, 4) is 0 Å². The number of aromatic nitrogens is 1. The first-order valence-electron chi connectivity index (χ1n) is 7.90. The maximum absolute atomic E-state index is 12.4. The molecule has 0 radical (unpaired) electrons. The Labute approximate surface area is 140 Å². The van der Waals surface area contributed by atoms with E-state index in [1.54, 1.807) is 17.5 Å². The predicted octanol–water partition coefficient (Wildman–Crippen LogP) is 3.95. The molecule has 122 valence electrons. The molecule has 1 aromatic heterocycles. The van der Waals surface area contributed by atoms with Crippen LogP contribution in [-0.4, -0.2) is 17.6 Å². The number of urea groups is 1. The molecule has 2 aromatic rings. The number of amides is 2. The number of carbonyl (C=O) groups excluding carboxylic acids is 1. The van der Waals surface area contributed by atoms with Crippen molar-refractivity contribution in [2.24, 2.45) is 5.92 Å². The van der Waals surface area contributed by atoms with Crippen molar-refractivity contribution >= 4 is 23.1 Å². The van der Waals surface area contributed by atoms with E-state index >= 15 is 0 Å². The van der Waals surface area contributed by atoms with E-state index in [-0.39, 0.29) is 12.1 Å². The molecule has 0 aliphatic heterocycles. The molecule has 1 aromatic carbocycles. The van der Waals surface area contributed by atoms with Crippen molar-refractivity contribution in [2.75, 3.05) is 11.9 Å². The minimum atomic E-state index is -0.193. The van der Waals surface area contributed by atoms with Crippen molar-refractivity contribution in [1.82, 2.24) is 10.3 Å². The summed E-state index contributed by atoms with van der Waals surface area (Å²) < 4.78 is 5.45. The molecule has 0 bridgehead atoms. The van der Waals surface area contributed by atoms with Crippen molar-refractivity contribution in [3.63, 3.8) is 0 Å². The number of para-hydroxylation sites is 1. The molecule has 2 amide bonds. The van der Waals surface area contributed by atoms with Gasteiger partial charge in [0.25, 0.3) is 0 Å². The van der Waals surface area contributed by atoms with Gasteiger partial charge in [0.2, 0.25) is 0 Å². The topological polar surface area (TPSA) is 63.2 Å². The van der Waals surface area contributed by atoms with Gasteiger partial charge in [-0.05, 0) is 31.7 Å². The summed E-state index contributed by atoms with van der Waals surface area (Å²) in [5.74, 6) is 0.505. The molecule has 1 atom stereocenters. The molecule has 3 rings (SSSR count). The van der Waals surface area contributed by atoms with Crippen LogP contribution in [-0.2, 0) is 11.3 Å². The summed E-state index contributed by atoms with van der Waals surface area (Å²) in [6.45, 7) is 3.09. The lowest BCUT2D eigenvalue weighted by Crippen LogP contribution is -2.33. The first kappa shape index (κ1) is 16.0. The van der Waals surface area contributed by atoms with Crippen molar-refractivity contribution < 1.29 is 9.53 Å². The van der Waals surface area contributed by atoms with E-state index in [0.717, 1.165) is 29.1 Å². The van der Waals surface area contributed by atoms with E-state index in [4.69, 9.17) is 4.74 Å². The zero-order chi connectivity index (χ0) is 16.1. The van der Waals surface area contributed by atoms with Crippen LogP contribution in [0.15, 0.2) is 35.8 Å². The van der Waals surface area contributed by atoms with Crippen LogP contribution in [0.1, 0.15) is 36.4 Å². The lowest BCUT2D eigenvalue weighted by atomic mass is 10.2. The molecule has 0 unspecified atom stereocenters. The lowest BCUT2D eigenvalue weighted by Gasteiger charge is -2.17. The molecule has 1 aliphatic rings. The van der Waals surface area contributed by atoms with E-state index in [9.17, 15) is 4.79 Å². The van der Waals surface area contributed by atoms with Gasteiger partial charge >= 0.3 is 6.03 Å². The highest BCUT2D eigenvalue weighted by Gasteiger charge is 2.35. The summed E-state index contributed by atoms with van der Waals surface area (Å²) in [5, 5.41) is 8.93. The van der Waals surface area contributed by atoms with E-state index in [1.807, 2.05) is 36.6 Å². The normalized spacial score (nSPS) is 15.2. The Morgan fingerprint density at radius 3 is 2.96 bits per heavy atom. The molecule has 5 nitrogen and oxygen atoms in total. The molecule has 1 fully saturated rings. The van der Waals surface area contributed by atoms with Crippen LogP contribution in [0.2, 0.25) is 0 Å². The fourth-order valence-corrected chi connectivity index (χ4v) is 3.26. The van der Waals surface area contributed by atoms with Crippen molar-refractivity contribution in [2.45, 2.75) is 32.4 Å². The standard InChI is InChI=1S/C17H21N3O2S/c1-2-22-11-13-5-3-4-6-14(13)19-17(21)20-15(12-7-8-12)16-18-9-10-23-16/h3-6,9-10,12,15H,2,7-8,11H2,1H3,(H2,19,20,21)/t15-/m0/s1. The van der Waals surface area contributed by atoms with Gasteiger partial charge in [-0.15, -0.1) is 11.3 Å². The highest BCUT2D eigenvalue weighted by molar-refractivity contribution is 7.09. The van der Waals surface area contributed by atoms with Gasteiger partial charge in [-0.3, -0.25) is 0 Å². The third-order valence-corrected chi connectivity index (χ3v) is 4.68. The van der Waals surface area contributed by atoms with Crippen LogP contribution < -0.4 is 10.6 Å². The number of benzene rings is 1. The summed E-state index contributed by atoms with van der Waals surface area (Å²) in [6, 6.07) is 7.52. The number of anilines is 1. The summed E-state index contributed by atoms with van der Waals surface area (Å²) >= 11 is 1.59. The average Bonchev–Trinajstić information content (AvgIpc) is 3.26. The number of rotatable bonds is 7. The van der Waals surface area contributed by atoms with Crippen molar-refractivity contribution in [3.05, 3.63) is 46.4 Å². The summed E-state index contributed by atoms with van der Waals surface area (Å²) in [6.07, 6.45) is 4.07. The van der Waals surface area contributed by atoms with Gasteiger partial charge in [0.05, 0.1) is 12.6 Å². The average molecular weight is 331 g/mol. The van der Waals surface area contributed by atoms with Gasteiger partial charge in [-0.2, -0.15) is 0 Å². The number of thiazole rings is 1. The molecule has 6 heteroatoms. The van der Waals surface area contributed by atoms with Crippen LogP contribution in [0.4, 0.5) is 10.5 Å². The zero-order valence-corrected chi connectivity index (χ0v) is 13.9. The van der Waals surface area contributed by atoms with Crippen LogP contribution >= 0.6 is 11.3 Å². The zero-order valence-electron chi connectivity index (χ0n) is 13.1. The number of carbonyl (C=O) groups is 1. The van der Waals surface area contributed by atoms with Crippen LogP contribution in [0.5, 0.6) is 0 Å². The number of ether oxygens (including phenoxy) is 1. The Morgan fingerprint density at radius 1 is 1.43 bits per heavy atom. The molecule has 1 saturated carbocycles. The Morgan fingerprint density at radius 2 is 2.26 bits per heavy atom. The highest BCUT2D eigenvalue weighted by atomic mass is 32.1.